The van der Waals surface area contributed by atoms with Gasteiger partial charge in [-0.15, -0.1) is 0 Å². The van der Waals surface area contributed by atoms with Crippen LogP contribution in [0.5, 0.6) is 0 Å². The molecule has 0 aromatic heterocycles. The number of aliphatic hydroxyl groups excluding tert-OH is 1. The summed E-state index contributed by atoms with van der Waals surface area (Å²) in [5, 5.41) is 17.3. The highest BCUT2D eigenvalue weighted by Gasteiger charge is 2.13. The Balaban J connectivity index is 2.82. The Bertz CT molecular complexity index is 428. The lowest BCUT2D eigenvalue weighted by Crippen LogP contribution is -1.98. The summed E-state index contributed by atoms with van der Waals surface area (Å²) < 4.78 is 0. The minimum Gasteiger partial charge on any atom is -0.511 e. The quantitative estimate of drug-likeness (QED) is 0.359. The van der Waals surface area contributed by atoms with Crippen molar-refractivity contribution in [2.75, 3.05) is 0 Å². The van der Waals surface area contributed by atoms with Gasteiger partial charge in [0.25, 0.3) is 0 Å². The molecule has 4 heteroatoms. The summed E-state index contributed by atoms with van der Waals surface area (Å²) in [4.78, 5) is 12.3. The van der Waals surface area contributed by atoms with E-state index in [1.54, 1.807) is 30.3 Å². The Morgan fingerprint density at radius 3 is 2.47 bits per heavy atom. The van der Waals surface area contributed by atoms with Crippen LogP contribution in [0, 0.1) is 11.3 Å². The van der Waals surface area contributed by atoms with Crippen molar-refractivity contribution in [2.24, 2.45) is 0 Å². The van der Waals surface area contributed by atoms with Crippen molar-refractivity contribution in [3.05, 3.63) is 41.7 Å². The number of nitrogens with zero attached hydrogens (tertiary/aromatic N) is 1. The van der Waals surface area contributed by atoms with Crippen LogP contribution in [0.3, 0.4) is 0 Å². The molecule has 0 bridgehead atoms. The molecule has 15 heavy (non-hydrogen) atoms. The highest BCUT2D eigenvalue weighted by Crippen LogP contribution is 2.22. The molecule has 3 nitrogen and oxygen atoms in total. The van der Waals surface area contributed by atoms with Crippen molar-refractivity contribution in [3.63, 3.8) is 0 Å². The van der Waals surface area contributed by atoms with Crippen LogP contribution in [0.1, 0.15) is 6.92 Å². The lowest BCUT2D eigenvalue weighted by molar-refractivity contribution is -0.107. The maximum Gasteiger partial charge on any atom is 0.238 e. The fourth-order valence-corrected chi connectivity index (χ4v) is 1.72. The average molecular weight is 219 g/mol. The van der Waals surface area contributed by atoms with Crippen molar-refractivity contribution >= 4 is 16.9 Å². The molecule has 0 aliphatic carbocycles. The molecule has 0 aliphatic rings. The zero-order valence-electron chi connectivity index (χ0n) is 8.10. The maximum atomic E-state index is 11.5. The van der Waals surface area contributed by atoms with E-state index in [9.17, 15) is 4.79 Å². The average Bonchev–Trinajstić information content (AvgIpc) is 2.19. The van der Waals surface area contributed by atoms with Gasteiger partial charge >= 0.3 is 0 Å². The van der Waals surface area contributed by atoms with Crippen LogP contribution in [-0.4, -0.2) is 10.2 Å². The van der Waals surface area contributed by atoms with Gasteiger partial charge in [0.15, 0.2) is 0 Å². The SMILES string of the molecule is CC(O)=C(C#N)C(=O)Sc1ccccc1. The second kappa shape index (κ2) is 5.23. The van der Waals surface area contributed by atoms with Crippen LogP contribution in [0.15, 0.2) is 46.6 Å². The van der Waals surface area contributed by atoms with E-state index >= 15 is 0 Å². The van der Waals surface area contributed by atoms with Crippen LogP contribution in [0.2, 0.25) is 0 Å². The molecule has 0 unspecified atom stereocenters. The summed E-state index contributed by atoms with van der Waals surface area (Å²) in [6.45, 7) is 1.32. The highest BCUT2D eigenvalue weighted by atomic mass is 32.2. The summed E-state index contributed by atoms with van der Waals surface area (Å²) in [6, 6.07) is 10.7. The topological polar surface area (TPSA) is 61.1 Å². The number of carbonyl (C=O) groups is 1. The van der Waals surface area contributed by atoms with E-state index in [-0.39, 0.29) is 11.3 Å². The molecule has 76 valence electrons. The van der Waals surface area contributed by atoms with Crippen LogP contribution < -0.4 is 0 Å². The van der Waals surface area contributed by atoms with Crippen molar-refractivity contribution < 1.29 is 9.90 Å². The number of aliphatic hydroxyl groups is 1. The summed E-state index contributed by atoms with van der Waals surface area (Å²) in [5.41, 5.74) is -0.205. The molecule has 0 atom stereocenters. The molecule has 0 aliphatic heterocycles. The fraction of sp³-hybridized carbons (Fsp3) is 0.0909. The monoisotopic (exact) mass is 219 g/mol. The molecule has 0 saturated heterocycles. The van der Waals surface area contributed by atoms with E-state index in [0.29, 0.717) is 0 Å². The molecule has 0 radical (unpaired) electrons. The van der Waals surface area contributed by atoms with Crippen molar-refractivity contribution in [2.45, 2.75) is 11.8 Å². The Labute approximate surface area is 92.0 Å². The Kier molecular flexibility index (Phi) is 3.95. The number of hydrogen-bond donors (Lipinski definition) is 1. The van der Waals surface area contributed by atoms with Gasteiger partial charge in [-0.3, -0.25) is 4.79 Å². The molecule has 0 saturated carbocycles. The minimum absolute atomic E-state index is 0.205. The molecular formula is C11H9NO2S. The predicted molar refractivity (Wildman–Crippen MR) is 58.2 cm³/mol. The number of thioether (sulfide) groups is 1. The fourth-order valence-electron chi connectivity index (χ4n) is 0.921. The zero-order chi connectivity index (χ0) is 11.3. The lowest BCUT2D eigenvalue weighted by atomic mass is 10.3. The van der Waals surface area contributed by atoms with Crippen molar-refractivity contribution in [3.8, 4) is 6.07 Å². The van der Waals surface area contributed by atoms with Gasteiger partial charge in [0, 0.05) is 4.90 Å². The lowest BCUT2D eigenvalue weighted by Gasteiger charge is -1.99. The summed E-state index contributed by atoms with van der Waals surface area (Å²) in [6.07, 6.45) is 0. The van der Waals surface area contributed by atoms with Gasteiger partial charge in [-0.1, -0.05) is 18.2 Å². The number of carbonyl (C=O) groups excluding carboxylic acids is 1. The number of allylic oxidation sites excluding steroid dienone is 1. The minimum atomic E-state index is -0.441. The van der Waals surface area contributed by atoms with Crippen LogP contribution in [0.25, 0.3) is 0 Å². The number of nitriles is 1. The van der Waals surface area contributed by atoms with Crippen molar-refractivity contribution in [1.82, 2.24) is 0 Å². The molecular weight excluding hydrogens is 210 g/mol. The first-order valence-electron chi connectivity index (χ1n) is 4.22. The second-order valence-corrected chi connectivity index (χ2v) is 3.82. The standard InChI is InChI=1S/C11H9NO2S/c1-8(13)10(7-12)11(14)15-9-5-3-2-4-6-9/h2-6,13H,1H3. The molecule has 0 heterocycles. The largest absolute Gasteiger partial charge is 0.511 e. The highest BCUT2D eigenvalue weighted by molar-refractivity contribution is 8.14. The van der Waals surface area contributed by atoms with Gasteiger partial charge in [-0.2, -0.15) is 5.26 Å². The first-order valence-corrected chi connectivity index (χ1v) is 5.04. The number of hydrogen-bond acceptors (Lipinski definition) is 4. The molecule has 0 amide bonds. The molecule has 0 fully saturated rings. The van der Waals surface area contributed by atoms with E-state index in [2.05, 4.69) is 0 Å². The first-order chi connectivity index (χ1) is 7.15. The van der Waals surface area contributed by atoms with Crippen LogP contribution in [0.4, 0.5) is 0 Å². The van der Waals surface area contributed by atoms with Crippen molar-refractivity contribution in [1.29, 1.82) is 5.26 Å². The Hall–Kier alpha value is -1.73. The van der Waals surface area contributed by atoms with Gasteiger partial charge < -0.3 is 5.11 Å². The van der Waals surface area contributed by atoms with E-state index < -0.39 is 5.12 Å². The molecule has 1 aromatic carbocycles. The normalized spacial score (nSPS) is 11.5. The second-order valence-electron chi connectivity index (χ2n) is 2.77. The molecule has 1 N–H and O–H groups in total. The summed E-state index contributed by atoms with van der Waals surface area (Å²) in [5.74, 6) is -0.245. The Morgan fingerprint density at radius 2 is 2.00 bits per heavy atom. The van der Waals surface area contributed by atoms with Gasteiger partial charge in [0.1, 0.15) is 17.4 Å². The first kappa shape index (κ1) is 11.3. The smallest absolute Gasteiger partial charge is 0.238 e. The molecule has 1 rings (SSSR count). The van der Waals surface area contributed by atoms with Crippen LogP contribution >= 0.6 is 11.8 Å². The predicted octanol–water partition coefficient (Wildman–Crippen LogP) is 2.66. The third kappa shape index (κ3) is 3.15. The van der Waals surface area contributed by atoms with Gasteiger partial charge in [-0.25, -0.2) is 0 Å². The number of rotatable bonds is 2. The maximum absolute atomic E-state index is 11.5. The summed E-state index contributed by atoms with van der Waals surface area (Å²) >= 11 is 0.925. The zero-order valence-corrected chi connectivity index (χ0v) is 8.91. The van der Waals surface area contributed by atoms with Gasteiger partial charge in [0.05, 0.1) is 0 Å². The number of benzene rings is 1. The molecule has 1 aromatic rings. The van der Waals surface area contributed by atoms with E-state index in [4.69, 9.17) is 10.4 Å². The molecule has 0 spiro atoms. The third-order valence-corrected chi connectivity index (χ3v) is 2.53. The van der Waals surface area contributed by atoms with E-state index in [1.807, 2.05) is 6.07 Å². The van der Waals surface area contributed by atoms with Gasteiger partial charge in [-0.05, 0) is 30.8 Å². The van der Waals surface area contributed by atoms with E-state index in [0.717, 1.165) is 16.7 Å². The third-order valence-electron chi connectivity index (χ3n) is 1.63. The van der Waals surface area contributed by atoms with Gasteiger partial charge in [0.2, 0.25) is 5.12 Å². The van der Waals surface area contributed by atoms with Crippen LogP contribution in [-0.2, 0) is 4.79 Å². The summed E-state index contributed by atoms with van der Waals surface area (Å²) in [7, 11) is 0. The van der Waals surface area contributed by atoms with E-state index in [1.165, 1.54) is 6.92 Å². The Morgan fingerprint density at radius 1 is 1.40 bits per heavy atom.